The molecule has 0 aliphatic rings. The summed E-state index contributed by atoms with van der Waals surface area (Å²) < 4.78 is 5.50. The Hall–Kier alpha value is -1.62. The average Bonchev–Trinajstić information content (AvgIpc) is 2.74. The lowest BCUT2D eigenvalue weighted by Crippen LogP contribution is -2.04. The standard InChI is InChI=1S/C12H15N3OS/c1-3-16-10-5-4-6-13-12(10)14-7-11-9(2)15-8-17-11/h4-6,8H,3,7H2,1-2H3,(H,13,14). The Kier molecular flexibility index (Phi) is 3.93. The third-order valence-corrected chi connectivity index (χ3v) is 3.27. The molecule has 4 nitrogen and oxygen atoms in total. The predicted octanol–water partition coefficient (Wildman–Crippen LogP) is 2.86. The van der Waals surface area contributed by atoms with Gasteiger partial charge in [-0.15, -0.1) is 11.3 Å². The van der Waals surface area contributed by atoms with Gasteiger partial charge in [-0.05, 0) is 26.0 Å². The van der Waals surface area contributed by atoms with Crippen LogP contribution in [0.5, 0.6) is 5.75 Å². The summed E-state index contributed by atoms with van der Waals surface area (Å²) in [5, 5.41) is 3.28. The molecule has 90 valence electrons. The van der Waals surface area contributed by atoms with Gasteiger partial charge in [-0.3, -0.25) is 0 Å². The van der Waals surface area contributed by atoms with Crippen LogP contribution >= 0.6 is 11.3 Å². The number of pyridine rings is 1. The first kappa shape index (κ1) is 11.9. The lowest BCUT2D eigenvalue weighted by Gasteiger charge is -2.10. The second-order valence-corrected chi connectivity index (χ2v) is 4.44. The molecule has 2 aromatic rings. The zero-order chi connectivity index (χ0) is 12.1. The van der Waals surface area contributed by atoms with Crippen LogP contribution in [0.15, 0.2) is 23.8 Å². The number of nitrogens with zero attached hydrogens (tertiary/aromatic N) is 2. The molecule has 2 aromatic heterocycles. The molecule has 0 saturated heterocycles. The van der Waals surface area contributed by atoms with Gasteiger partial charge in [-0.25, -0.2) is 9.97 Å². The van der Waals surface area contributed by atoms with E-state index in [4.69, 9.17) is 4.74 Å². The minimum atomic E-state index is 0.639. The number of hydrogen-bond donors (Lipinski definition) is 1. The Morgan fingerprint density at radius 3 is 3.00 bits per heavy atom. The summed E-state index contributed by atoms with van der Waals surface area (Å²) in [7, 11) is 0. The summed E-state index contributed by atoms with van der Waals surface area (Å²) in [5.74, 6) is 1.57. The summed E-state index contributed by atoms with van der Waals surface area (Å²) in [6.45, 7) is 5.34. The first-order valence-electron chi connectivity index (χ1n) is 5.52. The molecule has 0 radical (unpaired) electrons. The van der Waals surface area contributed by atoms with Crippen molar-refractivity contribution in [2.24, 2.45) is 0 Å². The Bertz CT molecular complexity index is 484. The SMILES string of the molecule is CCOc1cccnc1NCc1scnc1C. The Labute approximate surface area is 105 Å². The van der Waals surface area contributed by atoms with Crippen LogP contribution in [-0.2, 0) is 6.54 Å². The summed E-state index contributed by atoms with van der Waals surface area (Å²) in [5.41, 5.74) is 2.92. The normalized spacial score (nSPS) is 10.2. The molecule has 2 heterocycles. The smallest absolute Gasteiger partial charge is 0.169 e. The molecular formula is C12H15N3OS. The fourth-order valence-electron chi connectivity index (χ4n) is 1.46. The average molecular weight is 249 g/mol. The first-order valence-corrected chi connectivity index (χ1v) is 6.40. The van der Waals surface area contributed by atoms with E-state index in [0.29, 0.717) is 6.61 Å². The molecule has 0 unspecified atom stereocenters. The van der Waals surface area contributed by atoms with E-state index in [-0.39, 0.29) is 0 Å². The predicted molar refractivity (Wildman–Crippen MR) is 69.6 cm³/mol. The molecule has 0 aromatic carbocycles. The van der Waals surface area contributed by atoms with Gasteiger partial charge < -0.3 is 10.1 Å². The van der Waals surface area contributed by atoms with Crippen molar-refractivity contribution in [3.8, 4) is 5.75 Å². The van der Waals surface area contributed by atoms with Gasteiger partial charge in [0.2, 0.25) is 0 Å². The van der Waals surface area contributed by atoms with Crippen molar-refractivity contribution in [3.63, 3.8) is 0 Å². The number of rotatable bonds is 5. The number of thiazole rings is 1. The quantitative estimate of drug-likeness (QED) is 0.885. The van der Waals surface area contributed by atoms with Gasteiger partial charge >= 0.3 is 0 Å². The van der Waals surface area contributed by atoms with Crippen LogP contribution in [0, 0.1) is 6.92 Å². The Balaban J connectivity index is 2.06. The van der Waals surface area contributed by atoms with E-state index in [1.807, 2.05) is 31.5 Å². The number of hydrogen-bond acceptors (Lipinski definition) is 5. The Morgan fingerprint density at radius 1 is 1.41 bits per heavy atom. The Morgan fingerprint density at radius 2 is 2.29 bits per heavy atom. The number of nitrogens with one attached hydrogen (secondary N) is 1. The highest BCUT2D eigenvalue weighted by atomic mass is 32.1. The highest BCUT2D eigenvalue weighted by Gasteiger charge is 2.05. The van der Waals surface area contributed by atoms with Crippen molar-refractivity contribution >= 4 is 17.2 Å². The van der Waals surface area contributed by atoms with Crippen LogP contribution in [0.4, 0.5) is 5.82 Å². The first-order chi connectivity index (χ1) is 8.31. The molecule has 17 heavy (non-hydrogen) atoms. The minimum absolute atomic E-state index is 0.639. The van der Waals surface area contributed by atoms with Gasteiger partial charge in [0.05, 0.1) is 24.4 Å². The molecular weight excluding hydrogens is 234 g/mol. The van der Waals surface area contributed by atoms with Gasteiger partial charge in [-0.1, -0.05) is 0 Å². The maximum atomic E-state index is 5.50. The maximum Gasteiger partial charge on any atom is 0.169 e. The largest absolute Gasteiger partial charge is 0.490 e. The molecule has 2 rings (SSSR count). The van der Waals surface area contributed by atoms with Crippen molar-refractivity contribution in [2.45, 2.75) is 20.4 Å². The maximum absolute atomic E-state index is 5.50. The van der Waals surface area contributed by atoms with E-state index in [9.17, 15) is 0 Å². The fourth-order valence-corrected chi connectivity index (χ4v) is 2.17. The number of ether oxygens (including phenoxy) is 1. The van der Waals surface area contributed by atoms with E-state index in [1.165, 1.54) is 4.88 Å². The number of aryl methyl sites for hydroxylation is 1. The topological polar surface area (TPSA) is 47.0 Å². The van der Waals surface area contributed by atoms with Gasteiger partial charge in [-0.2, -0.15) is 0 Å². The zero-order valence-corrected chi connectivity index (χ0v) is 10.8. The second-order valence-electron chi connectivity index (χ2n) is 3.50. The van der Waals surface area contributed by atoms with Crippen LogP contribution < -0.4 is 10.1 Å². The lowest BCUT2D eigenvalue weighted by atomic mass is 10.3. The van der Waals surface area contributed by atoms with E-state index in [1.54, 1.807) is 17.5 Å². The molecule has 0 saturated carbocycles. The van der Waals surface area contributed by atoms with Crippen LogP contribution in [0.2, 0.25) is 0 Å². The van der Waals surface area contributed by atoms with Crippen molar-refractivity contribution < 1.29 is 4.74 Å². The van der Waals surface area contributed by atoms with Crippen molar-refractivity contribution in [3.05, 3.63) is 34.4 Å². The molecule has 5 heteroatoms. The zero-order valence-electron chi connectivity index (χ0n) is 9.93. The summed E-state index contributed by atoms with van der Waals surface area (Å²) in [6, 6.07) is 3.78. The van der Waals surface area contributed by atoms with Gasteiger partial charge in [0.25, 0.3) is 0 Å². The monoisotopic (exact) mass is 249 g/mol. The van der Waals surface area contributed by atoms with E-state index >= 15 is 0 Å². The third kappa shape index (κ3) is 2.94. The van der Waals surface area contributed by atoms with Crippen LogP contribution in [-0.4, -0.2) is 16.6 Å². The highest BCUT2D eigenvalue weighted by molar-refractivity contribution is 7.09. The molecule has 0 amide bonds. The van der Waals surface area contributed by atoms with Gasteiger partial charge in [0.15, 0.2) is 11.6 Å². The van der Waals surface area contributed by atoms with Crippen LogP contribution in [0.25, 0.3) is 0 Å². The van der Waals surface area contributed by atoms with Gasteiger partial charge in [0, 0.05) is 11.1 Å². The third-order valence-electron chi connectivity index (χ3n) is 2.33. The summed E-state index contributed by atoms with van der Waals surface area (Å²) >= 11 is 1.65. The van der Waals surface area contributed by atoms with E-state index in [2.05, 4.69) is 15.3 Å². The summed E-state index contributed by atoms with van der Waals surface area (Å²) in [4.78, 5) is 9.71. The van der Waals surface area contributed by atoms with Crippen molar-refractivity contribution in [1.82, 2.24) is 9.97 Å². The van der Waals surface area contributed by atoms with Crippen molar-refractivity contribution in [1.29, 1.82) is 0 Å². The number of aromatic nitrogens is 2. The summed E-state index contributed by atoms with van der Waals surface area (Å²) in [6.07, 6.45) is 1.75. The fraction of sp³-hybridized carbons (Fsp3) is 0.333. The molecule has 0 aliphatic heterocycles. The molecule has 0 aliphatic carbocycles. The van der Waals surface area contributed by atoms with Crippen LogP contribution in [0.3, 0.4) is 0 Å². The highest BCUT2D eigenvalue weighted by Crippen LogP contribution is 2.22. The number of anilines is 1. The van der Waals surface area contributed by atoms with E-state index < -0.39 is 0 Å². The van der Waals surface area contributed by atoms with Crippen LogP contribution in [0.1, 0.15) is 17.5 Å². The second kappa shape index (κ2) is 5.63. The molecule has 0 bridgehead atoms. The molecule has 0 fully saturated rings. The van der Waals surface area contributed by atoms with Crippen molar-refractivity contribution in [2.75, 3.05) is 11.9 Å². The van der Waals surface area contributed by atoms with E-state index in [0.717, 1.165) is 23.8 Å². The minimum Gasteiger partial charge on any atom is -0.490 e. The molecule has 0 atom stereocenters. The lowest BCUT2D eigenvalue weighted by molar-refractivity contribution is 0.340. The molecule has 1 N–H and O–H groups in total. The van der Waals surface area contributed by atoms with Gasteiger partial charge in [0.1, 0.15) is 0 Å². The molecule has 0 spiro atoms.